The Bertz CT molecular complexity index is 1280. The molecular formula is C22H20ClN3O5S. The van der Waals surface area contributed by atoms with Crippen LogP contribution < -0.4 is 9.62 Å². The number of nitrogens with zero attached hydrogens (tertiary/aromatic N) is 2. The number of hydrogen-bond acceptors (Lipinski definition) is 5. The molecule has 0 saturated carbocycles. The molecule has 3 aromatic rings. The van der Waals surface area contributed by atoms with E-state index in [2.05, 4.69) is 5.32 Å². The quantitative estimate of drug-likeness (QED) is 0.395. The minimum atomic E-state index is -4.10. The number of nitro benzene ring substituents is 1. The van der Waals surface area contributed by atoms with E-state index in [1.165, 1.54) is 48.5 Å². The standard InChI is InChI=1S/C22H20ClN3O5S/c1-15-6-9-19(12-16(15)2)25(32(30,31)21-10-7-17(23)8-11-21)14-22(27)24-18-4-3-5-20(13-18)26(28)29/h3-13H,14H2,1-2H3,(H,24,27). The van der Waals surface area contributed by atoms with Gasteiger partial charge in [-0.15, -0.1) is 0 Å². The summed E-state index contributed by atoms with van der Waals surface area (Å²) < 4.78 is 27.8. The fourth-order valence-electron chi connectivity index (χ4n) is 2.96. The lowest BCUT2D eigenvalue weighted by atomic mass is 10.1. The molecular weight excluding hydrogens is 454 g/mol. The van der Waals surface area contributed by atoms with Crippen LogP contribution in [-0.2, 0) is 14.8 Å². The molecule has 0 spiro atoms. The van der Waals surface area contributed by atoms with Gasteiger partial charge < -0.3 is 5.32 Å². The Morgan fingerprint density at radius 3 is 2.34 bits per heavy atom. The number of halogens is 1. The molecule has 0 radical (unpaired) electrons. The minimum absolute atomic E-state index is 0.0247. The Hall–Kier alpha value is -3.43. The van der Waals surface area contributed by atoms with Gasteiger partial charge in [0.2, 0.25) is 5.91 Å². The van der Waals surface area contributed by atoms with E-state index in [0.717, 1.165) is 15.4 Å². The van der Waals surface area contributed by atoms with E-state index >= 15 is 0 Å². The Balaban J connectivity index is 1.96. The minimum Gasteiger partial charge on any atom is -0.324 e. The molecule has 0 fully saturated rings. The highest BCUT2D eigenvalue weighted by Gasteiger charge is 2.27. The molecule has 0 aromatic heterocycles. The number of sulfonamides is 1. The van der Waals surface area contributed by atoms with Gasteiger partial charge in [-0.2, -0.15) is 0 Å². The lowest BCUT2D eigenvalue weighted by molar-refractivity contribution is -0.384. The number of hydrogen-bond donors (Lipinski definition) is 1. The van der Waals surface area contributed by atoms with E-state index in [1.807, 2.05) is 13.8 Å². The summed E-state index contributed by atoms with van der Waals surface area (Å²) in [5.74, 6) is -0.652. The smallest absolute Gasteiger partial charge is 0.271 e. The molecule has 0 unspecified atom stereocenters. The van der Waals surface area contributed by atoms with Crippen molar-refractivity contribution in [2.24, 2.45) is 0 Å². The van der Waals surface area contributed by atoms with Crippen molar-refractivity contribution in [3.8, 4) is 0 Å². The van der Waals surface area contributed by atoms with Crippen molar-refractivity contribution >= 4 is 44.6 Å². The van der Waals surface area contributed by atoms with Gasteiger partial charge in [0, 0.05) is 22.8 Å². The molecule has 0 aliphatic heterocycles. The zero-order valence-electron chi connectivity index (χ0n) is 17.3. The predicted octanol–water partition coefficient (Wildman–Crippen LogP) is 4.70. The van der Waals surface area contributed by atoms with Crippen molar-refractivity contribution < 1.29 is 18.1 Å². The van der Waals surface area contributed by atoms with Gasteiger partial charge in [-0.1, -0.05) is 23.7 Å². The van der Waals surface area contributed by atoms with Gasteiger partial charge in [-0.3, -0.25) is 19.2 Å². The number of amides is 1. The molecule has 0 aliphatic rings. The summed E-state index contributed by atoms with van der Waals surface area (Å²) in [6.07, 6.45) is 0. The molecule has 8 nitrogen and oxygen atoms in total. The second-order valence-corrected chi connectivity index (χ2v) is 9.39. The first-order valence-electron chi connectivity index (χ1n) is 9.48. The average Bonchev–Trinajstić information content (AvgIpc) is 2.74. The summed E-state index contributed by atoms with van der Waals surface area (Å²) in [5, 5.41) is 13.9. The maximum absolute atomic E-state index is 13.4. The van der Waals surface area contributed by atoms with Crippen molar-refractivity contribution in [1.29, 1.82) is 0 Å². The van der Waals surface area contributed by atoms with Crippen LogP contribution in [0.4, 0.5) is 17.1 Å². The van der Waals surface area contributed by atoms with Crippen LogP contribution in [0.3, 0.4) is 0 Å². The summed E-state index contributed by atoms with van der Waals surface area (Å²) in [7, 11) is -4.10. The number of non-ortho nitro benzene ring substituents is 1. The Morgan fingerprint density at radius 1 is 1.03 bits per heavy atom. The molecule has 32 heavy (non-hydrogen) atoms. The first-order chi connectivity index (χ1) is 15.1. The molecule has 1 N–H and O–H groups in total. The summed E-state index contributed by atoms with van der Waals surface area (Å²) >= 11 is 5.89. The van der Waals surface area contributed by atoms with Crippen LogP contribution in [0.1, 0.15) is 11.1 Å². The van der Waals surface area contributed by atoms with Crippen molar-refractivity contribution in [2.75, 3.05) is 16.2 Å². The monoisotopic (exact) mass is 473 g/mol. The zero-order chi connectivity index (χ0) is 23.5. The van der Waals surface area contributed by atoms with Crippen LogP contribution in [0.5, 0.6) is 0 Å². The van der Waals surface area contributed by atoms with Crippen molar-refractivity contribution in [3.05, 3.63) is 93.0 Å². The Morgan fingerprint density at radius 2 is 1.72 bits per heavy atom. The molecule has 10 heteroatoms. The van der Waals surface area contributed by atoms with Crippen molar-refractivity contribution in [1.82, 2.24) is 0 Å². The van der Waals surface area contributed by atoms with Gasteiger partial charge in [-0.05, 0) is 67.4 Å². The van der Waals surface area contributed by atoms with Crippen LogP contribution in [0, 0.1) is 24.0 Å². The van der Waals surface area contributed by atoms with Crippen LogP contribution in [0.25, 0.3) is 0 Å². The Labute approximate surface area is 190 Å². The molecule has 0 bridgehead atoms. The summed E-state index contributed by atoms with van der Waals surface area (Å²) in [5.41, 5.74) is 2.14. The highest BCUT2D eigenvalue weighted by atomic mass is 35.5. The summed E-state index contributed by atoms with van der Waals surface area (Å²) in [6.45, 7) is 3.21. The number of carbonyl (C=O) groups excluding carboxylic acids is 1. The van der Waals surface area contributed by atoms with Crippen LogP contribution >= 0.6 is 11.6 Å². The molecule has 3 aromatic carbocycles. The predicted molar refractivity (Wildman–Crippen MR) is 124 cm³/mol. The van der Waals surface area contributed by atoms with E-state index in [4.69, 9.17) is 11.6 Å². The third-order valence-corrected chi connectivity index (χ3v) is 6.85. The highest BCUT2D eigenvalue weighted by Crippen LogP contribution is 2.27. The molecule has 0 atom stereocenters. The van der Waals surface area contributed by atoms with E-state index in [9.17, 15) is 23.3 Å². The van der Waals surface area contributed by atoms with Gasteiger partial charge in [0.1, 0.15) is 6.54 Å². The number of nitrogens with one attached hydrogen (secondary N) is 1. The van der Waals surface area contributed by atoms with E-state index in [1.54, 1.807) is 18.2 Å². The molecule has 166 valence electrons. The third kappa shape index (κ3) is 5.24. The van der Waals surface area contributed by atoms with Crippen molar-refractivity contribution in [2.45, 2.75) is 18.7 Å². The maximum atomic E-state index is 13.4. The third-order valence-electron chi connectivity index (χ3n) is 4.81. The van der Waals surface area contributed by atoms with Crippen LogP contribution in [0.15, 0.2) is 71.6 Å². The largest absolute Gasteiger partial charge is 0.324 e. The molecule has 0 aliphatic carbocycles. The van der Waals surface area contributed by atoms with Gasteiger partial charge in [0.15, 0.2) is 0 Å². The fraction of sp³-hybridized carbons (Fsp3) is 0.136. The summed E-state index contributed by atoms with van der Waals surface area (Å²) in [6, 6.07) is 16.1. The average molecular weight is 474 g/mol. The number of benzene rings is 3. The number of anilines is 2. The fourth-order valence-corrected chi connectivity index (χ4v) is 4.50. The molecule has 1 amide bonds. The zero-order valence-corrected chi connectivity index (χ0v) is 18.9. The molecule has 0 saturated heterocycles. The SMILES string of the molecule is Cc1ccc(N(CC(=O)Nc2cccc([N+](=O)[O-])c2)S(=O)(=O)c2ccc(Cl)cc2)cc1C. The second-order valence-electron chi connectivity index (χ2n) is 7.09. The van der Waals surface area contributed by atoms with Crippen LogP contribution in [0.2, 0.25) is 5.02 Å². The van der Waals surface area contributed by atoms with Crippen molar-refractivity contribution in [3.63, 3.8) is 0 Å². The number of carbonyl (C=O) groups is 1. The lowest BCUT2D eigenvalue weighted by Crippen LogP contribution is -2.38. The topological polar surface area (TPSA) is 110 Å². The van der Waals surface area contributed by atoms with Gasteiger partial charge in [0.25, 0.3) is 15.7 Å². The van der Waals surface area contributed by atoms with Crippen LogP contribution in [-0.4, -0.2) is 25.8 Å². The van der Waals surface area contributed by atoms with E-state index < -0.39 is 27.4 Å². The van der Waals surface area contributed by atoms with E-state index in [-0.39, 0.29) is 16.3 Å². The number of rotatable bonds is 7. The van der Waals surface area contributed by atoms with Gasteiger partial charge in [-0.25, -0.2) is 8.42 Å². The normalized spacial score (nSPS) is 11.1. The summed E-state index contributed by atoms with van der Waals surface area (Å²) in [4.78, 5) is 23.1. The second kappa shape index (κ2) is 9.37. The molecule has 3 rings (SSSR count). The molecule has 0 heterocycles. The first-order valence-corrected chi connectivity index (χ1v) is 11.3. The van der Waals surface area contributed by atoms with E-state index in [0.29, 0.717) is 10.7 Å². The van der Waals surface area contributed by atoms with Gasteiger partial charge in [0.05, 0.1) is 15.5 Å². The van der Waals surface area contributed by atoms with Gasteiger partial charge >= 0.3 is 0 Å². The number of aryl methyl sites for hydroxylation is 2. The Kier molecular flexibility index (Phi) is 6.81. The lowest BCUT2D eigenvalue weighted by Gasteiger charge is -2.25. The first kappa shape index (κ1) is 23.2. The highest BCUT2D eigenvalue weighted by molar-refractivity contribution is 7.92. The number of nitro groups is 1. The maximum Gasteiger partial charge on any atom is 0.271 e.